The number of halogens is 1. The van der Waals surface area contributed by atoms with Crippen LogP contribution in [0.15, 0.2) is 46.9 Å². The zero-order valence-corrected chi connectivity index (χ0v) is 14.4. The number of aryl methyl sites for hydroxylation is 1. The molecule has 0 saturated carbocycles. The Labute approximate surface area is 135 Å². The van der Waals surface area contributed by atoms with Crippen molar-refractivity contribution >= 4 is 15.9 Å². The zero-order valence-electron chi connectivity index (χ0n) is 12.8. The van der Waals surface area contributed by atoms with Gasteiger partial charge in [0.2, 0.25) is 0 Å². The van der Waals surface area contributed by atoms with Crippen molar-refractivity contribution in [3.05, 3.63) is 63.6 Å². The molecule has 0 fully saturated rings. The molecule has 0 aliphatic rings. The third-order valence-corrected chi connectivity index (χ3v) is 4.11. The maximum atomic E-state index is 5.50. The van der Waals surface area contributed by atoms with E-state index in [1.54, 1.807) is 7.11 Å². The first-order chi connectivity index (χ1) is 10.1. The highest BCUT2D eigenvalue weighted by atomic mass is 79.9. The van der Waals surface area contributed by atoms with Gasteiger partial charge in [0.1, 0.15) is 5.75 Å². The van der Waals surface area contributed by atoms with Crippen LogP contribution in [0.3, 0.4) is 0 Å². The van der Waals surface area contributed by atoms with E-state index in [1.165, 1.54) is 16.7 Å². The van der Waals surface area contributed by atoms with Crippen molar-refractivity contribution in [2.45, 2.75) is 26.3 Å². The molecule has 1 atom stereocenters. The molecule has 0 aromatic heterocycles. The topological polar surface area (TPSA) is 21.3 Å². The van der Waals surface area contributed by atoms with E-state index < -0.39 is 0 Å². The molecule has 1 N–H and O–H groups in total. The molecule has 0 aliphatic heterocycles. The van der Waals surface area contributed by atoms with Crippen LogP contribution in [0, 0.1) is 6.92 Å². The second-order valence-corrected chi connectivity index (χ2v) is 6.10. The van der Waals surface area contributed by atoms with Crippen LogP contribution in [0.4, 0.5) is 0 Å². The second-order valence-electron chi connectivity index (χ2n) is 5.18. The second kappa shape index (κ2) is 7.62. The van der Waals surface area contributed by atoms with Crippen LogP contribution in [-0.4, -0.2) is 13.7 Å². The normalized spacial score (nSPS) is 12.2. The minimum atomic E-state index is 0.291. The predicted molar refractivity (Wildman–Crippen MR) is 92.0 cm³/mol. The van der Waals surface area contributed by atoms with Crippen molar-refractivity contribution in [1.29, 1.82) is 0 Å². The van der Waals surface area contributed by atoms with Crippen molar-refractivity contribution in [2.75, 3.05) is 13.7 Å². The fourth-order valence-corrected chi connectivity index (χ4v) is 2.80. The fourth-order valence-electron chi connectivity index (χ4n) is 2.54. The zero-order chi connectivity index (χ0) is 15.2. The molecule has 0 amide bonds. The van der Waals surface area contributed by atoms with Gasteiger partial charge in [-0.3, -0.25) is 0 Å². The quantitative estimate of drug-likeness (QED) is 0.820. The number of nitrogens with one attached hydrogen (secondary N) is 1. The average molecular weight is 348 g/mol. The van der Waals surface area contributed by atoms with Gasteiger partial charge >= 0.3 is 0 Å². The molecule has 2 aromatic carbocycles. The Kier molecular flexibility index (Phi) is 5.83. The fraction of sp³-hybridized carbons (Fsp3) is 0.333. The molecule has 0 spiro atoms. The van der Waals surface area contributed by atoms with Gasteiger partial charge in [-0.25, -0.2) is 0 Å². The maximum absolute atomic E-state index is 5.50. The Bertz CT molecular complexity index is 580. The van der Waals surface area contributed by atoms with Crippen molar-refractivity contribution in [3.8, 4) is 5.75 Å². The van der Waals surface area contributed by atoms with Gasteiger partial charge in [0.05, 0.1) is 7.11 Å². The number of hydrogen-bond acceptors (Lipinski definition) is 2. The molecule has 0 bridgehead atoms. The molecule has 2 aromatic rings. The number of benzene rings is 2. The minimum absolute atomic E-state index is 0.291. The first-order valence-corrected chi connectivity index (χ1v) is 8.05. The lowest BCUT2D eigenvalue weighted by Crippen LogP contribution is -2.23. The van der Waals surface area contributed by atoms with Crippen molar-refractivity contribution in [1.82, 2.24) is 5.32 Å². The van der Waals surface area contributed by atoms with Gasteiger partial charge in [0.25, 0.3) is 0 Å². The standard InChI is InChI=1S/C18H22BrNO/c1-4-20-17(14-6-8-16(19)9-7-14)12-15-11-13(2)5-10-18(15)21-3/h5-11,17,20H,4,12H2,1-3H3. The monoisotopic (exact) mass is 347 g/mol. The average Bonchev–Trinajstić information content (AvgIpc) is 2.48. The number of methoxy groups -OCH3 is 1. The summed E-state index contributed by atoms with van der Waals surface area (Å²) >= 11 is 3.49. The lowest BCUT2D eigenvalue weighted by Gasteiger charge is -2.20. The summed E-state index contributed by atoms with van der Waals surface area (Å²) in [6.07, 6.45) is 0.917. The van der Waals surface area contributed by atoms with Crippen LogP contribution in [0.2, 0.25) is 0 Å². The van der Waals surface area contributed by atoms with Gasteiger partial charge in [0.15, 0.2) is 0 Å². The van der Waals surface area contributed by atoms with Gasteiger partial charge in [-0.1, -0.05) is 52.7 Å². The molecule has 0 heterocycles. The Morgan fingerprint density at radius 2 is 1.86 bits per heavy atom. The highest BCUT2D eigenvalue weighted by molar-refractivity contribution is 9.10. The molecular weight excluding hydrogens is 326 g/mol. The molecule has 2 rings (SSSR count). The summed E-state index contributed by atoms with van der Waals surface area (Å²) in [4.78, 5) is 0. The summed E-state index contributed by atoms with van der Waals surface area (Å²) in [6.45, 7) is 5.19. The molecule has 1 unspecified atom stereocenters. The van der Waals surface area contributed by atoms with Gasteiger partial charge in [0, 0.05) is 10.5 Å². The van der Waals surface area contributed by atoms with Gasteiger partial charge < -0.3 is 10.1 Å². The molecule has 0 aliphatic carbocycles. The van der Waals surface area contributed by atoms with E-state index in [0.717, 1.165) is 23.2 Å². The highest BCUT2D eigenvalue weighted by Crippen LogP contribution is 2.27. The van der Waals surface area contributed by atoms with Gasteiger partial charge in [-0.05, 0) is 49.2 Å². The summed E-state index contributed by atoms with van der Waals surface area (Å²) in [5.41, 5.74) is 3.80. The highest BCUT2D eigenvalue weighted by Gasteiger charge is 2.14. The minimum Gasteiger partial charge on any atom is -0.496 e. The van der Waals surface area contributed by atoms with Crippen LogP contribution in [0.5, 0.6) is 5.75 Å². The number of likely N-dealkylation sites (N-methyl/N-ethyl adjacent to an activating group) is 1. The SMILES string of the molecule is CCNC(Cc1cc(C)ccc1OC)c1ccc(Br)cc1. The Hall–Kier alpha value is -1.32. The Morgan fingerprint density at radius 3 is 2.48 bits per heavy atom. The van der Waals surface area contributed by atoms with E-state index in [0.29, 0.717) is 6.04 Å². The Morgan fingerprint density at radius 1 is 1.14 bits per heavy atom. The maximum Gasteiger partial charge on any atom is 0.122 e. The number of ether oxygens (including phenoxy) is 1. The summed E-state index contributed by atoms with van der Waals surface area (Å²) in [5.74, 6) is 0.959. The molecule has 0 radical (unpaired) electrons. The van der Waals surface area contributed by atoms with Crippen molar-refractivity contribution < 1.29 is 4.74 Å². The van der Waals surface area contributed by atoms with Crippen LogP contribution in [0.25, 0.3) is 0 Å². The largest absolute Gasteiger partial charge is 0.496 e. The van der Waals surface area contributed by atoms with E-state index in [4.69, 9.17) is 4.74 Å². The van der Waals surface area contributed by atoms with E-state index in [-0.39, 0.29) is 0 Å². The third-order valence-electron chi connectivity index (χ3n) is 3.58. The van der Waals surface area contributed by atoms with E-state index in [2.05, 4.69) is 77.6 Å². The Balaban J connectivity index is 2.27. The number of hydrogen-bond donors (Lipinski definition) is 1. The molecule has 3 heteroatoms. The molecule has 112 valence electrons. The van der Waals surface area contributed by atoms with Crippen molar-refractivity contribution in [2.24, 2.45) is 0 Å². The summed E-state index contributed by atoms with van der Waals surface area (Å²) in [6, 6.07) is 15.2. The lowest BCUT2D eigenvalue weighted by atomic mass is 9.97. The van der Waals surface area contributed by atoms with E-state index in [1.807, 2.05) is 0 Å². The smallest absolute Gasteiger partial charge is 0.122 e. The van der Waals surface area contributed by atoms with Gasteiger partial charge in [-0.2, -0.15) is 0 Å². The molecule has 0 saturated heterocycles. The van der Waals surface area contributed by atoms with Crippen LogP contribution in [0.1, 0.15) is 29.7 Å². The lowest BCUT2D eigenvalue weighted by molar-refractivity contribution is 0.405. The number of rotatable bonds is 6. The summed E-state index contributed by atoms with van der Waals surface area (Å²) in [7, 11) is 1.73. The van der Waals surface area contributed by atoms with E-state index in [9.17, 15) is 0 Å². The first kappa shape index (κ1) is 16.1. The predicted octanol–water partition coefficient (Wildman–Crippen LogP) is 4.66. The summed E-state index contributed by atoms with van der Waals surface area (Å²) < 4.78 is 6.61. The first-order valence-electron chi connectivity index (χ1n) is 7.26. The van der Waals surface area contributed by atoms with Crippen LogP contribution in [-0.2, 0) is 6.42 Å². The van der Waals surface area contributed by atoms with Crippen molar-refractivity contribution in [3.63, 3.8) is 0 Å². The molecule has 2 nitrogen and oxygen atoms in total. The van der Waals surface area contributed by atoms with Crippen LogP contribution >= 0.6 is 15.9 Å². The molecule has 21 heavy (non-hydrogen) atoms. The van der Waals surface area contributed by atoms with Crippen LogP contribution < -0.4 is 10.1 Å². The van der Waals surface area contributed by atoms with Gasteiger partial charge in [-0.15, -0.1) is 0 Å². The summed E-state index contributed by atoms with van der Waals surface area (Å²) in [5, 5.41) is 3.57. The van der Waals surface area contributed by atoms with E-state index >= 15 is 0 Å². The molecular formula is C18H22BrNO. The third kappa shape index (κ3) is 4.32.